The number of likely N-dealkylation sites (tertiary alicyclic amines) is 1. The number of piperidine rings is 1. The molecule has 1 aliphatic heterocycles. The molecule has 0 bridgehead atoms. The summed E-state index contributed by atoms with van der Waals surface area (Å²) in [6.07, 6.45) is 3.50. The number of halogens is 1. The average Bonchev–Trinajstić information content (AvgIpc) is 3.22. The topological polar surface area (TPSA) is 84.4 Å². The summed E-state index contributed by atoms with van der Waals surface area (Å²) in [7, 11) is 0. The van der Waals surface area contributed by atoms with Crippen LogP contribution in [-0.4, -0.2) is 45.9 Å². The molecule has 3 heterocycles. The summed E-state index contributed by atoms with van der Waals surface area (Å²) < 4.78 is 5.88. The highest BCUT2D eigenvalue weighted by Crippen LogP contribution is 2.20. The highest BCUT2D eigenvalue weighted by Gasteiger charge is 2.24. The van der Waals surface area contributed by atoms with Crippen molar-refractivity contribution in [2.24, 2.45) is 0 Å². The van der Waals surface area contributed by atoms with Gasteiger partial charge in [0, 0.05) is 54.2 Å². The zero-order chi connectivity index (χ0) is 21.6. The normalized spacial score (nSPS) is 14.3. The maximum Gasteiger partial charge on any atom is 0.257 e. The highest BCUT2D eigenvalue weighted by molar-refractivity contribution is 7.14. The summed E-state index contributed by atoms with van der Waals surface area (Å²) in [5, 5.41) is 5.59. The first-order valence-corrected chi connectivity index (χ1v) is 11.2. The largest absolute Gasteiger partial charge is 0.474 e. The molecule has 0 saturated carbocycles. The number of carbonyl (C=O) groups excluding carboxylic acids is 2. The number of hydrogen-bond acceptors (Lipinski definition) is 6. The van der Waals surface area contributed by atoms with E-state index in [0.29, 0.717) is 40.4 Å². The van der Waals surface area contributed by atoms with Gasteiger partial charge in [0.1, 0.15) is 6.10 Å². The number of thiazole rings is 1. The number of pyridine rings is 1. The maximum absolute atomic E-state index is 12.7. The minimum absolute atomic E-state index is 0.0252. The van der Waals surface area contributed by atoms with Crippen molar-refractivity contribution in [1.82, 2.24) is 14.9 Å². The molecule has 0 aliphatic carbocycles. The molecular formula is C22H21ClN4O3S. The second-order valence-corrected chi connectivity index (χ2v) is 8.44. The zero-order valence-electron chi connectivity index (χ0n) is 16.7. The lowest BCUT2D eigenvalue weighted by atomic mass is 10.1. The van der Waals surface area contributed by atoms with Gasteiger partial charge in [-0.15, -0.1) is 11.3 Å². The molecule has 0 radical (unpaired) electrons. The molecule has 4 rings (SSSR count). The van der Waals surface area contributed by atoms with E-state index in [1.807, 2.05) is 23.1 Å². The van der Waals surface area contributed by atoms with E-state index >= 15 is 0 Å². The van der Waals surface area contributed by atoms with Crippen molar-refractivity contribution in [2.75, 3.05) is 18.4 Å². The third kappa shape index (κ3) is 5.80. The number of nitrogens with one attached hydrogen (secondary N) is 1. The van der Waals surface area contributed by atoms with Gasteiger partial charge >= 0.3 is 0 Å². The predicted molar refractivity (Wildman–Crippen MR) is 120 cm³/mol. The molecule has 7 nitrogen and oxygen atoms in total. The van der Waals surface area contributed by atoms with E-state index in [-0.39, 0.29) is 24.3 Å². The van der Waals surface area contributed by atoms with Crippen LogP contribution in [0.5, 0.6) is 5.88 Å². The van der Waals surface area contributed by atoms with Crippen LogP contribution in [-0.2, 0) is 11.2 Å². The number of benzene rings is 1. The standard InChI is InChI=1S/C22H21ClN4O3S/c23-16-6-4-15(5-7-16)21(29)26-22-25-17(14-31-22)13-20(28)27-11-8-18(9-12-27)30-19-3-1-2-10-24-19/h1-7,10,14,18H,8-9,11-13H2,(H,25,26,29). The second kappa shape index (κ2) is 9.89. The van der Waals surface area contributed by atoms with Crippen LogP contribution in [0.1, 0.15) is 28.9 Å². The van der Waals surface area contributed by atoms with E-state index in [9.17, 15) is 9.59 Å². The lowest BCUT2D eigenvalue weighted by molar-refractivity contribution is -0.132. The third-order valence-electron chi connectivity index (χ3n) is 4.93. The summed E-state index contributed by atoms with van der Waals surface area (Å²) in [4.78, 5) is 35.3. The Morgan fingerprint density at radius 3 is 2.65 bits per heavy atom. The molecule has 1 fully saturated rings. The van der Waals surface area contributed by atoms with Crippen molar-refractivity contribution in [2.45, 2.75) is 25.4 Å². The fourth-order valence-electron chi connectivity index (χ4n) is 3.29. The number of aromatic nitrogens is 2. The number of carbonyl (C=O) groups is 2. The van der Waals surface area contributed by atoms with E-state index < -0.39 is 0 Å². The Balaban J connectivity index is 1.25. The quantitative estimate of drug-likeness (QED) is 0.604. The van der Waals surface area contributed by atoms with Crippen molar-refractivity contribution >= 4 is 39.9 Å². The average molecular weight is 457 g/mol. The van der Waals surface area contributed by atoms with Gasteiger partial charge in [0.25, 0.3) is 5.91 Å². The van der Waals surface area contributed by atoms with E-state index in [1.54, 1.807) is 35.8 Å². The fourth-order valence-corrected chi connectivity index (χ4v) is 4.12. The summed E-state index contributed by atoms with van der Waals surface area (Å²) in [6.45, 7) is 1.28. The Bertz CT molecular complexity index is 1030. The predicted octanol–water partition coefficient (Wildman–Crippen LogP) is 4.06. The first kappa shape index (κ1) is 21.3. The third-order valence-corrected chi connectivity index (χ3v) is 5.99. The Hall–Kier alpha value is -2.97. The van der Waals surface area contributed by atoms with Crippen molar-refractivity contribution in [3.63, 3.8) is 0 Å². The van der Waals surface area contributed by atoms with Gasteiger partial charge in [-0.3, -0.25) is 14.9 Å². The van der Waals surface area contributed by atoms with E-state index in [2.05, 4.69) is 15.3 Å². The summed E-state index contributed by atoms with van der Waals surface area (Å²) in [6, 6.07) is 12.2. The Morgan fingerprint density at radius 2 is 1.94 bits per heavy atom. The fraction of sp³-hybridized carbons (Fsp3) is 0.273. The van der Waals surface area contributed by atoms with Crippen LogP contribution in [0.3, 0.4) is 0 Å². The molecule has 31 heavy (non-hydrogen) atoms. The second-order valence-electron chi connectivity index (χ2n) is 7.15. The van der Waals surface area contributed by atoms with E-state index in [1.165, 1.54) is 11.3 Å². The molecule has 0 atom stereocenters. The molecule has 1 saturated heterocycles. The SMILES string of the molecule is O=C(Nc1nc(CC(=O)N2CCC(Oc3ccccn3)CC2)cs1)c1ccc(Cl)cc1. The number of amides is 2. The van der Waals surface area contributed by atoms with E-state index in [0.717, 1.165) is 12.8 Å². The molecule has 9 heteroatoms. The number of rotatable bonds is 6. The number of ether oxygens (including phenoxy) is 1. The molecule has 2 aromatic heterocycles. The van der Waals surface area contributed by atoms with Gasteiger partial charge in [-0.1, -0.05) is 17.7 Å². The Kier molecular flexibility index (Phi) is 6.79. The van der Waals surface area contributed by atoms with Crippen LogP contribution < -0.4 is 10.1 Å². The smallest absolute Gasteiger partial charge is 0.257 e. The zero-order valence-corrected chi connectivity index (χ0v) is 18.2. The lowest BCUT2D eigenvalue weighted by Crippen LogP contribution is -2.42. The van der Waals surface area contributed by atoms with Crippen LogP contribution in [0.25, 0.3) is 0 Å². The molecule has 1 aromatic carbocycles. The molecular weight excluding hydrogens is 436 g/mol. The van der Waals surface area contributed by atoms with Gasteiger partial charge in [0.15, 0.2) is 5.13 Å². The summed E-state index contributed by atoms with van der Waals surface area (Å²) >= 11 is 7.15. The van der Waals surface area contributed by atoms with Crippen LogP contribution in [0.4, 0.5) is 5.13 Å². The Morgan fingerprint density at radius 1 is 1.16 bits per heavy atom. The van der Waals surface area contributed by atoms with Gasteiger partial charge in [-0.2, -0.15) is 0 Å². The van der Waals surface area contributed by atoms with Crippen LogP contribution >= 0.6 is 22.9 Å². The molecule has 2 amide bonds. The molecule has 1 N–H and O–H groups in total. The van der Waals surface area contributed by atoms with Gasteiger partial charge in [-0.25, -0.2) is 9.97 Å². The first-order valence-electron chi connectivity index (χ1n) is 9.93. The van der Waals surface area contributed by atoms with Gasteiger partial charge in [-0.05, 0) is 30.3 Å². The molecule has 1 aliphatic rings. The minimum atomic E-state index is -0.265. The minimum Gasteiger partial charge on any atom is -0.474 e. The molecule has 160 valence electrons. The first-order chi connectivity index (χ1) is 15.1. The number of nitrogens with zero attached hydrogens (tertiary/aromatic N) is 3. The number of hydrogen-bond donors (Lipinski definition) is 1. The highest BCUT2D eigenvalue weighted by atomic mass is 35.5. The van der Waals surface area contributed by atoms with Crippen LogP contribution in [0, 0.1) is 0 Å². The Labute approximate surface area is 189 Å². The van der Waals surface area contributed by atoms with Crippen molar-refractivity contribution in [3.8, 4) is 5.88 Å². The van der Waals surface area contributed by atoms with Gasteiger partial charge in [0.2, 0.25) is 11.8 Å². The lowest BCUT2D eigenvalue weighted by Gasteiger charge is -2.31. The van der Waals surface area contributed by atoms with Crippen molar-refractivity contribution < 1.29 is 14.3 Å². The molecule has 0 unspecified atom stereocenters. The number of anilines is 1. The van der Waals surface area contributed by atoms with E-state index in [4.69, 9.17) is 16.3 Å². The maximum atomic E-state index is 12.7. The van der Waals surface area contributed by atoms with Crippen molar-refractivity contribution in [1.29, 1.82) is 0 Å². The summed E-state index contributed by atoms with van der Waals surface area (Å²) in [5.41, 5.74) is 1.14. The molecule has 0 spiro atoms. The van der Waals surface area contributed by atoms with Crippen LogP contribution in [0.2, 0.25) is 5.02 Å². The van der Waals surface area contributed by atoms with Crippen molar-refractivity contribution in [3.05, 3.63) is 70.3 Å². The summed E-state index contributed by atoms with van der Waals surface area (Å²) in [5.74, 6) is 0.374. The monoisotopic (exact) mass is 456 g/mol. The van der Waals surface area contributed by atoms with Gasteiger partial charge < -0.3 is 9.64 Å². The molecule has 3 aromatic rings. The van der Waals surface area contributed by atoms with Gasteiger partial charge in [0.05, 0.1) is 12.1 Å². The van der Waals surface area contributed by atoms with Crippen LogP contribution in [0.15, 0.2) is 54.0 Å².